The number of anilines is 1. The van der Waals surface area contributed by atoms with Crippen molar-refractivity contribution < 1.29 is 4.79 Å². The first-order valence-corrected chi connectivity index (χ1v) is 8.25. The number of hydrogen-bond acceptors (Lipinski definition) is 3. The van der Waals surface area contributed by atoms with Gasteiger partial charge in [0, 0.05) is 37.2 Å². The molecule has 0 radical (unpaired) electrons. The number of pyridine rings is 1. The van der Waals surface area contributed by atoms with E-state index >= 15 is 0 Å². The molecule has 4 heteroatoms. The average Bonchev–Trinajstić information content (AvgIpc) is 2.59. The molecule has 0 saturated heterocycles. The van der Waals surface area contributed by atoms with Gasteiger partial charge in [0.25, 0.3) is 5.91 Å². The smallest absolute Gasteiger partial charge is 0.251 e. The van der Waals surface area contributed by atoms with E-state index in [-0.39, 0.29) is 5.91 Å². The fraction of sp³-hybridized carbons (Fsp3) is 0.300. The predicted molar refractivity (Wildman–Crippen MR) is 97.8 cm³/mol. The van der Waals surface area contributed by atoms with Crippen molar-refractivity contribution in [2.75, 3.05) is 32.1 Å². The van der Waals surface area contributed by atoms with Crippen LogP contribution in [0.1, 0.15) is 11.1 Å². The molecule has 1 aromatic heterocycles. The number of para-hydroxylation sites is 1. The zero-order chi connectivity index (χ0) is 16.9. The summed E-state index contributed by atoms with van der Waals surface area (Å²) in [4.78, 5) is 20.9. The van der Waals surface area contributed by atoms with Crippen LogP contribution in [0, 0.1) is 5.92 Å². The lowest BCUT2D eigenvalue weighted by Gasteiger charge is -2.35. The minimum atomic E-state index is 0.0229. The van der Waals surface area contributed by atoms with Crippen molar-refractivity contribution in [1.82, 2.24) is 9.88 Å². The molecule has 1 unspecified atom stereocenters. The lowest BCUT2D eigenvalue weighted by molar-refractivity contribution is -0.114. The molecule has 4 nitrogen and oxygen atoms in total. The summed E-state index contributed by atoms with van der Waals surface area (Å²) >= 11 is 0. The van der Waals surface area contributed by atoms with Crippen LogP contribution in [0.4, 0.5) is 5.69 Å². The van der Waals surface area contributed by atoms with Crippen LogP contribution in [0.5, 0.6) is 0 Å². The first-order valence-electron chi connectivity index (χ1n) is 8.25. The fourth-order valence-electron chi connectivity index (χ4n) is 3.26. The number of carbonyl (C=O) groups excluding carboxylic acids is 1. The number of aromatic nitrogens is 1. The lowest BCUT2D eigenvalue weighted by Crippen LogP contribution is -2.42. The Hall–Kier alpha value is -2.46. The Morgan fingerprint density at radius 2 is 2.12 bits per heavy atom. The second-order valence-electron chi connectivity index (χ2n) is 6.53. The van der Waals surface area contributed by atoms with Crippen LogP contribution in [0.3, 0.4) is 0 Å². The molecule has 0 saturated carbocycles. The van der Waals surface area contributed by atoms with E-state index in [4.69, 9.17) is 0 Å². The van der Waals surface area contributed by atoms with Crippen LogP contribution in [-0.4, -0.2) is 43.0 Å². The third-order valence-corrected chi connectivity index (χ3v) is 4.22. The van der Waals surface area contributed by atoms with Crippen LogP contribution in [-0.2, 0) is 11.2 Å². The van der Waals surface area contributed by atoms with E-state index in [0.29, 0.717) is 5.92 Å². The van der Waals surface area contributed by atoms with Crippen molar-refractivity contribution in [1.29, 1.82) is 0 Å². The molecule has 0 spiro atoms. The second-order valence-corrected chi connectivity index (χ2v) is 6.53. The zero-order valence-corrected chi connectivity index (χ0v) is 14.2. The first-order chi connectivity index (χ1) is 11.6. The third-order valence-electron chi connectivity index (χ3n) is 4.22. The highest BCUT2D eigenvalue weighted by Crippen LogP contribution is 2.30. The SMILES string of the molecule is CN(C)CC1Cc2ccccc2N(C(=O)/C=C/c2cccnc2)C1. The second kappa shape index (κ2) is 7.41. The molecule has 2 heterocycles. The summed E-state index contributed by atoms with van der Waals surface area (Å²) < 4.78 is 0. The van der Waals surface area contributed by atoms with Crippen molar-refractivity contribution in [3.8, 4) is 0 Å². The topological polar surface area (TPSA) is 36.4 Å². The summed E-state index contributed by atoms with van der Waals surface area (Å²) in [5.41, 5.74) is 3.22. The number of hydrogen-bond donors (Lipinski definition) is 0. The minimum absolute atomic E-state index is 0.0229. The monoisotopic (exact) mass is 321 g/mol. The zero-order valence-electron chi connectivity index (χ0n) is 14.2. The van der Waals surface area contributed by atoms with Gasteiger partial charge in [-0.1, -0.05) is 24.3 Å². The van der Waals surface area contributed by atoms with Gasteiger partial charge in [-0.25, -0.2) is 0 Å². The third kappa shape index (κ3) is 3.89. The van der Waals surface area contributed by atoms with Gasteiger partial charge in [-0.05, 0) is 55.8 Å². The van der Waals surface area contributed by atoms with E-state index in [2.05, 4.69) is 30.0 Å². The highest BCUT2D eigenvalue weighted by atomic mass is 16.2. The van der Waals surface area contributed by atoms with Gasteiger partial charge < -0.3 is 9.80 Å². The molecule has 0 N–H and O–H groups in total. The molecule has 0 bridgehead atoms. The number of nitrogens with zero attached hydrogens (tertiary/aromatic N) is 3. The molecule has 3 rings (SSSR count). The van der Waals surface area contributed by atoms with Crippen LogP contribution in [0.15, 0.2) is 54.9 Å². The van der Waals surface area contributed by atoms with E-state index in [1.54, 1.807) is 18.5 Å². The molecule has 1 atom stereocenters. The number of carbonyl (C=O) groups is 1. The summed E-state index contributed by atoms with van der Waals surface area (Å²) in [5.74, 6) is 0.473. The van der Waals surface area contributed by atoms with E-state index in [1.807, 2.05) is 41.3 Å². The Bertz CT molecular complexity index is 725. The maximum absolute atomic E-state index is 12.8. The maximum atomic E-state index is 12.8. The summed E-state index contributed by atoms with van der Waals surface area (Å²) in [5, 5.41) is 0. The van der Waals surface area contributed by atoms with Gasteiger partial charge in [0.05, 0.1) is 0 Å². The van der Waals surface area contributed by atoms with Crippen LogP contribution in [0.25, 0.3) is 6.08 Å². The Labute approximate surface area is 143 Å². The Morgan fingerprint density at radius 3 is 2.88 bits per heavy atom. The molecule has 1 amide bonds. The molecular formula is C20H23N3O. The number of amides is 1. The summed E-state index contributed by atoms with van der Waals surface area (Å²) in [6, 6.07) is 12.0. The minimum Gasteiger partial charge on any atom is -0.309 e. The summed E-state index contributed by atoms with van der Waals surface area (Å²) in [7, 11) is 4.16. The lowest BCUT2D eigenvalue weighted by atomic mass is 9.92. The van der Waals surface area contributed by atoms with Gasteiger partial charge >= 0.3 is 0 Å². The Morgan fingerprint density at radius 1 is 1.29 bits per heavy atom. The van der Waals surface area contributed by atoms with Gasteiger partial charge in [-0.2, -0.15) is 0 Å². The van der Waals surface area contributed by atoms with Crippen molar-refractivity contribution >= 4 is 17.7 Å². The van der Waals surface area contributed by atoms with Crippen molar-refractivity contribution in [2.24, 2.45) is 5.92 Å². The van der Waals surface area contributed by atoms with Gasteiger partial charge in [0.15, 0.2) is 0 Å². The molecule has 1 aliphatic rings. The molecular weight excluding hydrogens is 298 g/mol. The van der Waals surface area contributed by atoms with Crippen LogP contribution in [0.2, 0.25) is 0 Å². The molecule has 2 aromatic rings. The summed E-state index contributed by atoms with van der Waals surface area (Å²) in [6.07, 6.45) is 7.97. The highest BCUT2D eigenvalue weighted by molar-refractivity contribution is 6.04. The van der Waals surface area contributed by atoms with E-state index < -0.39 is 0 Å². The standard InChI is InChI=1S/C20H23N3O/c1-22(2)14-17-12-18-7-3-4-8-19(18)23(15-17)20(24)10-9-16-6-5-11-21-13-16/h3-11,13,17H,12,14-15H2,1-2H3/b10-9+. The normalized spacial score (nSPS) is 17.3. The molecule has 0 fully saturated rings. The van der Waals surface area contributed by atoms with Crippen molar-refractivity contribution in [3.63, 3.8) is 0 Å². The average molecular weight is 321 g/mol. The largest absolute Gasteiger partial charge is 0.309 e. The van der Waals surface area contributed by atoms with Crippen LogP contribution < -0.4 is 4.90 Å². The van der Waals surface area contributed by atoms with E-state index in [1.165, 1.54) is 5.56 Å². The number of rotatable bonds is 4. The molecule has 24 heavy (non-hydrogen) atoms. The molecule has 124 valence electrons. The molecule has 1 aromatic carbocycles. The number of fused-ring (bicyclic) bond motifs is 1. The first kappa shape index (κ1) is 16.4. The van der Waals surface area contributed by atoms with Gasteiger partial charge in [0.2, 0.25) is 0 Å². The quantitative estimate of drug-likeness (QED) is 0.813. The van der Waals surface area contributed by atoms with E-state index in [9.17, 15) is 4.79 Å². The number of benzene rings is 1. The van der Waals surface area contributed by atoms with Crippen molar-refractivity contribution in [2.45, 2.75) is 6.42 Å². The van der Waals surface area contributed by atoms with Gasteiger partial charge in [-0.3, -0.25) is 9.78 Å². The van der Waals surface area contributed by atoms with Crippen molar-refractivity contribution in [3.05, 3.63) is 66.0 Å². The fourth-order valence-corrected chi connectivity index (χ4v) is 3.26. The maximum Gasteiger partial charge on any atom is 0.251 e. The Kier molecular flexibility index (Phi) is 5.06. The Balaban J connectivity index is 1.82. The van der Waals surface area contributed by atoms with Crippen LogP contribution >= 0.6 is 0 Å². The van der Waals surface area contributed by atoms with Gasteiger partial charge in [0.1, 0.15) is 0 Å². The molecule has 0 aliphatic carbocycles. The predicted octanol–water partition coefficient (Wildman–Crippen LogP) is 2.86. The highest BCUT2D eigenvalue weighted by Gasteiger charge is 2.27. The van der Waals surface area contributed by atoms with Gasteiger partial charge in [-0.15, -0.1) is 0 Å². The molecule has 1 aliphatic heterocycles. The summed E-state index contributed by atoms with van der Waals surface area (Å²) in [6.45, 7) is 1.73. The van der Waals surface area contributed by atoms with E-state index in [0.717, 1.165) is 30.8 Å².